The molecule has 2 aliphatic rings. The Morgan fingerprint density at radius 1 is 0.355 bits per heavy atom. The molecular weight excluding hydrogens is 749 g/mol. The molecule has 0 spiro atoms. The van der Waals surface area contributed by atoms with Gasteiger partial charge in [-0.3, -0.25) is 0 Å². The fourth-order valence-electron chi connectivity index (χ4n) is 11.0. The van der Waals surface area contributed by atoms with Crippen LogP contribution < -0.4 is 4.90 Å². The Balaban J connectivity index is 1.11. The van der Waals surface area contributed by atoms with E-state index in [9.17, 15) is 0 Å². The van der Waals surface area contributed by atoms with Crippen molar-refractivity contribution in [3.63, 3.8) is 0 Å². The smallest absolute Gasteiger partial charge is 0.0541 e. The molecule has 0 bridgehead atoms. The van der Waals surface area contributed by atoms with Crippen LogP contribution in [0.3, 0.4) is 0 Å². The van der Waals surface area contributed by atoms with Gasteiger partial charge in [0.15, 0.2) is 0 Å². The van der Waals surface area contributed by atoms with Gasteiger partial charge in [-0.05, 0) is 104 Å². The SMILES string of the molecule is CC1(C)c2ccccc2-c2ccc(-c3ccccc3N(c3cccc(-n4c5ccccc5c5ccccc54)c3)c3ccccc3-c3cccc4c3-c3ccccc3C4(C)C)cc21. The minimum atomic E-state index is -0.114. The first kappa shape index (κ1) is 36.4. The lowest BCUT2D eigenvalue weighted by Crippen LogP contribution is -2.15. The summed E-state index contributed by atoms with van der Waals surface area (Å²) in [6.07, 6.45) is 0. The van der Waals surface area contributed by atoms with Crippen LogP contribution >= 0.6 is 0 Å². The van der Waals surface area contributed by atoms with E-state index in [1.54, 1.807) is 0 Å². The Bertz CT molecular complexity index is 3380. The molecule has 1 heterocycles. The topological polar surface area (TPSA) is 8.17 Å². The van der Waals surface area contributed by atoms with Gasteiger partial charge in [0.2, 0.25) is 0 Å². The van der Waals surface area contributed by atoms with Gasteiger partial charge in [-0.1, -0.05) is 185 Å². The number of rotatable bonds is 6. The van der Waals surface area contributed by atoms with Gasteiger partial charge in [0.05, 0.1) is 22.4 Å². The van der Waals surface area contributed by atoms with Crippen LogP contribution in [0.25, 0.3) is 72.0 Å². The van der Waals surface area contributed by atoms with Gasteiger partial charge in [0, 0.05) is 44.1 Å². The van der Waals surface area contributed by atoms with Crippen LogP contribution in [0, 0.1) is 0 Å². The predicted octanol–water partition coefficient (Wildman–Crippen LogP) is 16.2. The average molecular weight is 795 g/mol. The fourth-order valence-corrected chi connectivity index (χ4v) is 11.0. The Morgan fingerprint density at radius 3 is 1.58 bits per heavy atom. The number of nitrogens with zero attached hydrogens (tertiary/aromatic N) is 2. The highest BCUT2D eigenvalue weighted by molar-refractivity contribution is 6.09. The highest BCUT2D eigenvalue weighted by atomic mass is 15.2. The zero-order chi connectivity index (χ0) is 41.7. The van der Waals surface area contributed by atoms with Crippen molar-refractivity contribution in [3.05, 3.63) is 229 Å². The molecule has 2 aliphatic carbocycles. The average Bonchev–Trinajstić information content (AvgIpc) is 3.86. The van der Waals surface area contributed by atoms with Gasteiger partial charge in [-0.25, -0.2) is 0 Å². The summed E-state index contributed by atoms with van der Waals surface area (Å²) in [5.74, 6) is 0. The lowest BCUT2D eigenvalue weighted by atomic mass is 9.81. The van der Waals surface area contributed by atoms with Crippen molar-refractivity contribution in [2.45, 2.75) is 38.5 Å². The summed E-state index contributed by atoms with van der Waals surface area (Å²) >= 11 is 0. The zero-order valence-corrected chi connectivity index (χ0v) is 35.5. The van der Waals surface area contributed by atoms with E-state index in [0.717, 1.165) is 22.7 Å². The Hall–Kier alpha value is -7.42. The molecule has 0 unspecified atom stereocenters. The van der Waals surface area contributed by atoms with E-state index in [2.05, 4.69) is 243 Å². The second-order valence-electron chi connectivity index (χ2n) is 18.1. The normalized spacial score (nSPS) is 14.1. The predicted molar refractivity (Wildman–Crippen MR) is 261 cm³/mol. The maximum atomic E-state index is 2.51. The molecule has 0 saturated heterocycles. The van der Waals surface area contributed by atoms with Gasteiger partial charge < -0.3 is 9.47 Å². The number of aromatic nitrogens is 1. The standard InChI is InChI=1S/C60H46N2/c1-59(2)51-29-12-6-26-49(51)58-48(27-18-30-52(58)59)47-25-10-16-34-57(47)61(40-19-17-20-41(38-40)62-55-32-14-8-23-45(55)46-24-9-15-33-56(46)62)54-31-13-7-21-42(54)39-35-36-44-43-22-5-11-28-50(43)60(3,4)53(44)37-39/h5-38H,1-4H3. The molecule has 0 fully saturated rings. The van der Waals surface area contributed by atoms with E-state index in [1.165, 1.54) is 88.6 Å². The third-order valence-electron chi connectivity index (χ3n) is 14.0. The maximum Gasteiger partial charge on any atom is 0.0541 e. The first-order valence-electron chi connectivity index (χ1n) is 21.9. The molecule has 0 saturated carbocycles. The molecule has 10 aromatic rings. The summed E-state index contributed by atoms with van der Waals surface area (Å²) in [7, 11) is 0. The first-order valence-corrected chi connectivity index (χ1v) is 21.9. The van der Waals surface area contributed by atoms with Crippen molar-refractivity contribution >= 4 is 38.9 Å². The van der Waals surface area contributed by atoms with Gasteiger partial charge >= 0.3 is 0 Å². The highest BCUT2D eigenvalue weighted by Crippen LogP contribution is 2.55. The molecule has 62 heavy (non-hydrogen) atoms. The van der Waals surface area contributed by atoms with E-state index in [-0.39, 0.29) is 10.8 Å². The largest absolute Gasteiger partial charge is 0.309 e. The van der Waals surface area contributed by atoms with Crippen LogP contribution in [0.4, 0.5) is 17.1 Å². The Labute approximate surface area is 364 Å². The molecule has 0 aliphatic heterocycles. The molecule has 9 aromatic carbocycles. The van der Waals surface area contributed by atoms with Crippen molar-refractivity contribution in [2.24, 2.45) is 0 Å². The minimum absolute atomic E-state index is 0.110. The number of benzene rings is 9. The van der Waals surface area contributed by atoms with Gasteiger partial charge in [0.1, 0.15) is 0 Å². The lowest BCUT2D eigenvalue weighted by molar-refractivity contribution is 0.660. The molecule has 0 radical (unpaired) electrons. The molecule has 0 amide bonds. The van der Waals surface area contributed by atoms with Crippen molar-refractivity contribution in [2.75, 3.05) is 4.90 Å². The zero-order valence-electron chi connectivity index (χ0n) is 35.5. The van der Waals surface area contributed by atoms with Gasteiger partial charge in [-0.2, -0.15) is 0 Å². The molecule has 2 nitrogen and oxygen atoms in total. The fraction of sp³-hybridized carbons (Fsp3) is 0.100. The summed E-state index contributed by atoms with van der Waals surface area (Å²) < 4.78 is 2.42. The summed E-state index contributed by atoms with van der Waals surface area (Å²) in [5.41, 5.74) is 22.3. The van der Waals surface area contributed by atoms with Gasteiger partial charge in [-0.15, -0.1) is 0 Å². The highest BCUT2D eigenvalue weighted by Gasteiger charge is 2.38. The van der Waals surface area contributed by atoms with Gasteiger partial charge in [0.25, 0.3) is 0 Å². The monoisotopic (exact) mass is 794 g/mol. The van der Waals surface area contributed by atoms with E-state index in [0.29, 0.717) is 0 Å². The van der Waals surface area contributed by atoms with Crippen LogP contribution in [0.5, 0.6) is 0 Å². The number of anilines is 3. The summed E-state index contributed by atoms with van der Waals surface area (Å²) in [5, 5.41) is 2.51. The minimum Gasteiger partial charge on any atom is -0.309 e. The quantitative estimate of drug-likeness (QED) is 0.163. The molecular formula is C60H46N2. The number of para-hydroxylation sites is 4. The van der Waals surface area contributed by atoms with Crippen molar-refractivity contribution in [3.8, 4) is 50.2 Å². The summed E-state index contributed by atoms with van der Waals surface area (Å²) in [6.45, 7) is 9.47. The van der Waals surface area contributed by atoms with Crippen molar-refractivity contribution < 1.29 is 0 Å². The van der Waals surface area contributed by atoms with Crippen LogP contribution in [-0.2, 0) is 10.8 Å². The number of hydrogen-bond donors (Lipinski definition) is 0. The van der Waals surface area contributed by atoms with Crippen LogP contribution in [0.15, 0.2) is 206 Å². The van der Waals surface area contributed by atoms with Crippen molar-refractivity contribution in [1.82, 2.24) is 4.57 Å². The van der Waals surface area contributed by atoms with Crippen LogP contribution in [0.2, 0.25) is 0 Å². The first-order chi connectivity index (χ1) is 30.3. The lowest BCUT2D eigenvalue weighted by Gasteiger charge is -2.31. The summed E-state index contributed by atoms with van der Waals surface area (Å²) in [6, 6.07) is 76.6. The Morgan fingerprint density at radius 2 is 0.855 bits per heavy atom. The van der Waals surface area contributed by atoms with E-state index < -0.39 is 0 Å². The third-order valence-corrected chi connectivity index (χ3v) is 14.0. The second kappa shape index (κ2) is 13.5. The van der Waals surface area contributed by atoms with Crippen molar-refractivity contribution in [1.29, 1.82) is 0 Å². The van der Waals surface area contributed by atoms with E-state index in [4.69, 9.17) is 0 Å². The maximum absolute atomic E-state index is 2.51. The van der Waals surface area contributed by atoms with Crippen LogP contribution in [0.1, 0.15) is 49.9 Å². The van der Waals surface area contributed by atoms with E-state index in [1.807, 2.05) is 0 Å². The number of hydrogen-bond acceptors (Lipinski definition) is 1. The van der Waals surface area contributed by atoms with E-state index >= 15 is 0 Å². The Kier molecular flexibility index (Phi) is 7.96. The number of fused-ring (bicyclic) bond motifs is 9. The molecule has 0 N–H and O–H groups in total. The second-order valence-corrected chi connectivity index (χ2v) is 18.1. The van der Waals surface area contributed by atoms with Crippen LogP contribution in [-0.4, -0.2) is 4.57 Å². The molecule has 0 atom stereocenters. The third kappa shape index (κ3) is 5.23. The molecule has 1 aromatic heterocycles. The molecule has 12 rings (SSSR count). The molecule has 2 heteroatoms. The summed E-state index contributed by atoms with van der Waals surface area (Å²) in [4.78, 5) is 2.51. The molecule has 296 valence electrons.